The molecule has 1 N–H and O–H groups in total. The van der Waals surface area contributed by atoms with Crippen LogP contribution in [-0.2, 0) is 9.53 Å². The fraction of sp³-hybridized carbons (Fsp3) is 0.833. The molecule has 0 radical (unpaired) electrons. The number of hydrogen-bond acceptors (Lipinski definition) is 5. The van der Waals surface area contributed by atoms with Crippen LogP contribution in [-0.4, -0.2) is 47.2 Å². The van der Waals surface area contributed by atoms with Crippen molar-refractivity contribution in [2.24, 2.45) is 4.99 Å². The van der Waals surface area contributed by atoms with E-state index in [9.17, 15) is 9.90 Å². The molecule has 2 atom stereocenters. The Bertz CT molecular complexity index is 315. The number of aliphatic hydroxyl groups is 1. The molecule has 0 bridgehead atoms. The minimum Gasteiger partial charge on any atom is -0.440 e. The van der Waals surface area contributed by atoms with Crippen molar-refractivity contribution < 1.29 is 14.6 Å². The van der Waals surface area contributed by atoms with Crippen LogP contribution in [0.4, 0.5) is 0 Å². The maximum atomic E-state index is 11.5. The molecule has 0 saturated carbocycles. The van der Waals surface area contributed by atoms with E-state index in [0.29, 0.717) is 0 Å². The molecule has 2 unspecified atom stereocenters. The minimum atomic E-state index is -1.05. The molecule has 0 aromatic heterocycles. The van der Waals surface area contributed by atoms with Crippen LogP contribution in [0.15, 0.2) is 4.99 Å². The van der Waals surface area contributed by atoms with Crippen molar-refractivity contribution in [3.05, 3.63) is 0 Å². The van der Waals surface area contributed by atoms with Gasteiger partial charge in [0.05, 0.1) is 0 Å². The van der Waals surface area contributed by atoms with Gasteiger partial charge < -0.3 is 14.7 Å². The van der Waals surface area contributed by atoms with E-state index in [1.54, 1.807) is 0 Å². The third-order valence-corrected chi connectivity index (χ3v) is 3.23. The topological polar surface area (TPSA) is 62.1 Å². The predicted octanol–water partition coefficient (Wildman–Crippen LogP) is 0.915. The van der Waals surface area contributed by atoms with Crippen LogP contribution >= 0.6 is 0 Å². The van der Waals surface area contributed by atoms with Crippen molar-refractivity contribution in [1.82, 2.24) is 4.90 Å². The van der Waals surface area contributed by atoms with Gasteiger partial charge in [-0.2, -0.15) is 0 Å². The zero-order valence-electron chi connectivity index (χ0n) is 10.3. The number of fused-ring (bicyclic) bond motifs is 1. The van der Waals surface area contributed by atoms with Crippen molar-refractivity contribution in [2.45, 2.75) is 51.4 Å². The third-order valence-electron chi connectivity index (χ3n) is 3.23. The van der Waals surface area contributed by atoms with Crippen LogP contribution in [0, 0.1) is 0 Å². The molecule has 0 aromatic rings. The molecular weight excluding hydrogens is 220 g/mol. The molecule has 2 aliphatic rings. The van der Waals surface area contributed by atoms with Crippen LogP contribution in [0.25, 0.3) is 0 Å². The number of ether oxygens (including phenoxy) is 1. The summed E-state index contributed by atoms with van der Waals surface area (Å²) in [5.41, 5.74) is 0. The lowest BCUT2D eigenvalue weighted by Gasteiger charge is -2.34. The highest BCUT2D eigenvalue weighted by Crippen LogP contribution is 2.22. The predicted molar refractivity (Wildman–Crippen MR) is 63.7 cm³/mol. The largest absolute Gasteiger partial charge is 0.440 e. The van der Waals surface area contributed by atoms with Gasteiger partial charge in [0.25, 0.3) is 0 Å². The van der Waals surface area contributed by atoms with E-state index in [2.05, 4.69) is 9.89 Å². The normalized spacial score (nSPS) is 26.6. The monoisotopic (exact) mass is 240 g/mol. The third kappa shape index (κ3) is 2.97. The summed E-state index contributed by atoms with van der Waals surface area (Å²) >= 11 is 0. The van der Waals surface area contributed by atoms with E-state index in [-0.39, 0.29) is 6.23 Å². The lowest BCUT2D eigenvalue weighted by molar-refractivity contribution is -0.165. The minimum absolute atomic E-state index is 0.237. The quantitative estimate of drug-likeness (QED) is 0.729. The summed E-state index contributed by atoms with van der Waals surface area (Å²) in [4.78, 5) is 18.1. The molecule has 5 nitrogen and oxygen atoms in total. The van der Waals surface area contributed by atoms with Crippen LogP contribution < -0.4 is 0 Å². The number of hydrogen-bond donors (Lipinski definition) is 1. The van der Waals surface area contributed by atoms with Gasteiger partial charge >= 0.3 is 5.97 Å². The first-order chi connectivity index (χ1) is 8.18. The van der Waals surface area contributed by atoms with Gasteiger partial charge in [0, 0.05) is 25.9 Å². The Morgan fingerprint density at radius 2 is 2.35 bits per heavy atom. The SMILES string of the molecule is CC(O)C(=O)OC1CCCCC2=NCCCN21. The summed E-state index contributed by atoms with van der Waals surface area (Å²) in [7, 11) is 0. The fourth-order valence-corrected chi connectivity index (χ4v) is 2.31. The summed E-state index contributed by atoms with van der Waals surface area (Å²) in [5.74, 6) is 0.527. The van der Waals surface area contributed by atoms with Gasteiger partial charge in [0.1, 0.15) is 11.9 Å². The lowest BCUT2D eigenvalue weighted by Crippen LogP contribution is -2.45. The first-order valence-corrected chi connectivity index (χ1v) is 6.37. The second kappa shape index (κ2) is 5.49. The Balaban J connectivity index is 2.06. The van der Waals surface area contributed by atoms with Crippen LogP contribution in [0.3, 0.4) is 0 Å². The Labute approximate surface area is 101 Å². The molecule has 96 valence electrons. The zero-order chi connectivity index (χ0) is 12.3. The number of nitrogens with zero attached hydrogens (tertiary/aromatic N) is 2. The molecule has 2 aliphatic heterocycles. The first-order valence-electron chi connectivity index (χ1n) is 6.37. The lowest BCUT2D eigenvalue weighted by atomic mass is 10.2. The average Bonchev–Trinajstić information content (AvgIpc) is 2.52. The average molecular weight is 240 g/mol. The maximum Gasteiger partial charge on any atom is 0.336 e. The summed E-state index contributed by atoms with van der Waals surface area (Å²) in [6.45, 7) is 3.21. The summed E-state index contributed by atoms with van der Waals surface area (Å²) in [5, 5.41) is 9.19. The molecule has 0 spiro atoms. The van der Waals surface area contributed by atoms with Gasteiger partial charge in [-0.15, -0.1) is 0 Å². The second-order valence-electron chi connectivity index (χ2n) is 4.66. The van der Waals surface area contributed by atoms with E-state index in [1.807, 2.05) is 0 Å². The molecule has 2 rings (SSSR count). The molecule has 1 fully saturated rings. The van der Waals surface area contributed by atoms with Gasteiger partial charge in [-0.1, -0.05) is 0 Å². The number of carbonyl (C=O) groups excluding carboxylic acids is 1. The first kappa shape index (κ1) is 12.4. The molecule has 1 saturated heterocycles. The van der Waals surface area contributed by atoms with E-state index in [0.717, 1.165) is 51.0 Å². The standard InChI is InChI=1S/C12H20N2O3/c1-9(15)12(16)17-11-6-3-2-5-10-13-7-4-8-14(10)11/h9,11,15H,2-8H2,1H3. The number of esters is 1. The van der Waals surface area contributed by atoms with Crippen molar-refractivity contribution in [1.29, 1.82) is 0 Å². The number of rotatable bonds is 2. The smallest absolute Gasteiger partial charge is 0.336 e. The molecule has 17 heavy (non-hydrogen) atoms. The number of carbonyl (C=O) groups is 1. The Hall–Kier alpha value is -1.10. The molecular formula is C12H20N2O3. The molecule has 2 heterocycles. The van der Waals surface area contributed by atoms with Crippen LogP contribution in [0.1, 0.15) is 39.0 Å². The summed E-state index contributed by atoms with van der Waals surface area (Å²) in [6.07, 6.45) is 3.65. The summed E-state index contributed by atoms with van der Waals surface area (Å²) in [6, 6.07) is 0. The Morgan fingerprint density at radius 1 is 1.53 bits per heavy atom. The Morgan fingerprint density at radius 3 is 3.12 bits per heavy atom. The van der Waals surface area contributed by atoms with Crippen molar-refractivity contribution in [3.63, 3.8) is 0 Å². The van der Waals surface area contributed by atoms with E-state index in [4.69, 9.17) is 4.74 Å². The van der Waals surface area contributed by atoms with E-state index in [1.165, 1.54) is 6.92 Å². The fourth-order valence-electron chi connectivity index (χ4n) is 2.31. The van der Waals surface area contributed by atoms with E-state index >= 15 is 0 Å². The van der Waals surface area contributed by atoms with Crippen molar-refractivity contribution >= 4 is 11.8 Å². The van der Waals surface area contributed by atoms with Gasteiger partial charge in [0.2, 0.25) is 0 Å². The number of amidine groups is 1. The highest BCUT2D eigenvalue weighted by Gasteiger charge is 2.29. The van der Waals surface area contributed by atoms with Gasteiger partial charge in [-0.05, 0) is 26.2 Å². The van der Waals surface area contributed by atoms with E-state index < -0.39 is 12.1 Å². The van der Waals surface area contributed by atoms with Crippen LogP contribution in [0.2, 0.25) is 0 Å². The second-order valence-corrected chi connectivity index (χ2v) is 4.66. The molecule has 0 aliphatic carbocycles. The maximum absolute atomic E-state index is 11.5. The number of aliphatic hydroxyl groups excluding tert-OH is 1. The highest BCUT2D eigenvalue weighted by molar-refractivity contribution is 5.83. The highest BCUT2D eigenvalue weighted by atomic mass is 16.6. The van der Waals surface area contributed by atoms with Gasteiger partial charge in [-0.25, -0.2) is 4.79 Å². The summed E-state index contributed by atoms with van der Waals surface area (Å²) < 4.78 is 5.36. The molecule has 5 heteroatoms. The number of aliphatic imine (C=N–C) groups is 1. The van der Waals surface area contributed by atoms with Gasteiger partial charge in [-0.3, -0.25) is 4.99 Å². The van der Waals surface area contributed by atoms with Crippen molar-refractivity contribution in [3.8, 4) is 0 Å². The molecule has 0 amide bonds. The molecule has 0 aromatic carbocycles. The Kier molecular flexibility index (Phi) is 3.99. The van der Waals surface area contributed by atoms with Gasteiger partial charge in [0.15, 0.2) is 6.23 Å². The van der Waals surface area contributed by atoms with Crippen LogP contribution in [0.5, 0.6) is 0 Å². The van der Waals surface area contributed by atoms with Crippen molar-refractivity contribution in [2.75, 3.05) is 13.1 Å². The zero-order valence-corrected chi connectivity index (χ0v) is 10.3.